The smallest absolute Gasteiger partial charge is 0.264 e. The molecular weight excluding hydrogens is 356 g/mol. The molecule has 2 fully saturated rings. The molecule has 148 valence electrons. The monoisotopic (exact) mass is 382 g/mol. The van der Waals surface area contributed by atoms with Gasteiger partial charge in [-0.05, 0) is 49.8 Å². The highest BCUT2D eigenvalue weighted by Crippen LogP contribution is 2.41. The number of aliphatic hydroxyl groups is 1. The molecule has 0 amide bonds. The highest BCUT2D eigenvalue weighted by atomic mass is 16.4. The lowest BCUT2D eigenvalue weighted by molar-refractivity contribution is 0.0306. The van der Waals surface area contributed by atoms with Crippen LogP contribution in [0, 0.1) is 18.8 Å². The molecule has 8 nitrogen and oxygen atoms in total. The van der Waals surface area contributed by atoms with Gasteiger partial charge in [-0.25, -0.2) is 0 Å². The van der Waals surface area contributed by atoms with Crippen molar-refractivity contribution in [3.8, 4) is 11.6 Å². The standard InChI is InChI=1S/C20H26N6O2/c1-13-4-5-16(24(13)2)20-23-22-19(28-20)12-25-10-14-8-17(26-7-3-6-21-26)18(27)9-15(14)11-25/h3-7,14-15,17-18,27H,8-12H2,1-2H3/t14-,15+,17-,18-/m1/s1. The Balaban J connectivity index is 1.25. The maximum absolute atomic E-state index is 10.6. The average molecular weight is 382 g/mol. The molecular formula is C20H26N6O2. The van der Waals surface area contributed by atoms with Crippen LogP contribution in [0.15, 0.2) is 35.0 Å². The van der Waals surface area contributed by atoms with E-state index in [1.807, 2.05) is 36.1 Å². The van der Waals surface area contributed by atoms with Gasteiger partial charge in [-0.15, -0.1) is 10.2 Å². The van der Waals surface area contributed by atoms with Gasteiger partial charge in [0.15, 0.2) is 0 Å². The molecule has 1 aliphatic heterocycles. The van der Waals surface area contributed by atoms with Gasteiger partial charge in [0.2, 0.25) is 5.89 Å². The summed E-state index contributed by atoms with van der Waals surface area (Å²) in [5.41, 5.74) is 2.10. The van der Waals surface area contributed by atoms with Crippen LogP contribution in [-0.4, -0.2) is 53.7 Å². The van der Waals surface area contributed by atoms with Crippen LogP contribution < -0.4 is 0 Å². The summed E-state index contributed by atoms with van der Waals surface area (Å²) in [6.07, 6.45) is 5.18. The second-order valence-electron chi connectivity index (χ2n) is 8.23. The van der Waals surface area contributed by atoms with Gasteiger partial charge in [0.05, 0.1) is 18.7 Å². The van der Waals surface area contributed by atoms with E-state index in [1.54, 1.807) is 6.20 Å². The van der Waals surface area contributed by atoms with E-state index in [2.05, 4.69) is 31.7 Å². The number of rotatable bonds is 4. The quantitative estimate of drug-likeness (QED) is 0.743. The number of nitrogens with zero attached hydrogens (tertiary/aromatic N) is 6. The van der Waals surface area contributed by atoms with E-state index in [1.165, 1.54) is 0 Å². The lowest BCUT2D eigenvalue weighted by Gasteiger charge is -2.35. The van der Waals surface area contributed by atoms with Gasteiger partial charge in [0, 0.05) is 38.2 Å². The van der Waals surface area contributed by atoms with Crippen LogP contribution in [0.2, 0.25) is 0 Å². The Labute approximate surface area is 163 Å². The van der Waals surface area contributed by atoms with Crippen molar-refractivity contribution >= 4 is 0 Å². The predicted octanol–water partition coefficient (Wildman–Crippen LogP) is 2.02. The fourth-order valence-electron chi connectivity index (χ4n) is 4.83. The van der Waals surface area contributed by atoms with Crippen molar-refractivity contribution in [2.24, 2.45) is 18.9 Å². The minimum atomic E-state index is -0.336. The second kappa shape index (κ2) is 6.86. The predicted molar refractivity (Wildman–Crippen MR) is 102 cm³/mol. The van der Waals surface area contributed by atoms with Gasteiger partial charge in [-0.1, -0.05) is 0 Å². The lowest BCUT2D eigenvalue weighted by atomic mass is 9.77. The minimum absolute atomic E-state index is 0.0757. The van der Waals surface area contributed by atoms with E-state index in [0.29, 0.717) is 30.2 Å². The molecule has 3 aromatic heterocycles. The first-order chi connectivity index (χ1) is 13.6. The van der Waals surface area contributed by atoms with Crippen LogP contribution in [-0.2, 0) is 13.6 Å². The van der Waals surface area contributed by atoms with Crippen LogP contribution in [0.4, 0.5) is 0 Å². The first-order valence-electron chi connectivity index (χ1n) is 9.93. The molecule has 1 saturated heterocycles. The number of hydrogen-bond acceptors (Lipinski definition) is 6. The van der Waals surface area contributed by atoms with Crippen molar-refractivity contribution < 1.29 is 9.52 Å². The minimum Gasteiger partial charge on any atom is -0.418 e. The van der Waals surface area contributed by atoms with E-state index in [0.717, 1.165) is 37.3 Å². The number of likely N-dealkylation sites (tertiary alicyclic amines) is 1. The van der Waals surface area contributed by atoms with Gasteiger partial charge in [-0.2, -0.15) is 5.10 Å². The van der Waals surface area contributed by atoms with Crippen molar-refractivity contribution in [3.05, 3.63) is 42.2 Å². The fourth-order valence-corrected chi connectivity index (χ4v) is 4.83. The third-order valence-electron chi connectivity index (χ3n) is 6.47. The Kier molecular flexibility index (Phi) is 4.32. The summed E-state index contributed by atoms with van der Waals surface area (Å²) in [5, 5.41) is 23.4. The summed E-state index contributed by atoms with van der Waals surface area (Å²) in [6, 6.07) is 6.05. The van der Waals surface area contributed by atoms with E-state index < -0.39 is 0 Å². The Morgan fingerprint density at radius 1 is 1.18 bits per heavy atom. The molecule has 4 atom stereocenters. The molecule has 28 heavy (non-hydrogen) atoms. The third kappa shape index (κ3) is 3.06. The summed E-state index contributed by atoms with van der Waals surface area (Å²) in [4.78, 5) is 2.38. The molecule has 0 bridgehead atoms. The zero-order chi connectivity index (χ0) is 19.3. The SMILES string of the molecule is Cc1ccc(-c2nnc(CN3C[C@H]4C[C@@H](n5cccn5)[C@H](O)C[C@H]4C3)o2)n1C. The summed E-state index contributed by atoms with van der Waals surface area (Å²) in [7, 11) is 2.00. The molecule has 0 spiro atoms. The average Bonchev–Trinajstić information content (AvgIpc) is 3.44. The van der Waals surface area contributed by atoms with Crippen LogP contribution in [0.1, 0.15) is 30.5 Å². The first-order valence-corrected chi connectivity index (χ1v) is 9.93. The largest absolute Gasteiger partial charge is 0.418 e. The Bertz CT molecular complexity index is 946. The first kappa shape index (κ1) is 17.6. The zero-order valence-corrected chi connectivity index (χ0v) is 16.3. The maximum Gasteiger partial charge on any atom is 0.264 e. The number of aromatic nitrogens is 5. The highest BCUT2D eigenvalue weighted by molar-refractivity contribution is 5.48. The molecule has 0 radical (unpaired) electrons. The van der Waals surface area contributed by atoms with Crippen LogP contribution in [0.3, 0.4) is 0 Å². The summed E-state index contributed by atoms with van der Waals surface area (Å²) < 4.78 is 9.90. The van der Waals surface area contributed by atoms with Crippen molar-refractivity contribution in [1.29, 1.82) is 0 Å². The summed E-state index contributed by atoms with van der Waals surface area (Å²) >= 11 is 0. The normalized spacial score (nSPS) is 28.0. The molecule has 0 aromatic carbocycles. The van der Waals surface area contributed by atoms with Crippen molar-refractivity contribution in [2.75, 3.05) is 13.1 Å². The number of aliphatic hydroxyl groups excluding tert-OH is 1. The number of hydrogen-bond donors (Lipinski definition) is 1. The highest BCUT2D eigenvalue weighted by Gasteiger charge is 2.42. The maximum atomic E-state index is 10.6. The topological polar surface area (TPSA) is 85.1 Å². The van der Waals surface area contributed by atoms with E-state index >= 15 is 0 Å². The van der Waals surface area contributed by atoms with Gasteiger partial charge in [0.1, 0.15) is 5.69 Å². The Morgan fingerprint density at radius 3 is 2.71 bits per heavy atom. The fraction of sp³-hybridized carbons (Fsp3) is 0.550. The number of aryl methyl sites for hydroxylation is 1. The summed E-state index contributed by atoms with van der Waals surface area (Å²) in [5.74, 6) is 2.29. The molecule has 5 rings (SSSR count). The number of fused-ring (bicyclic) bond motifs is 1. The molecule has 4 heterocycles. The second-order valence-corrected chi connectivity index (χ2v) is 8.23. The van der Waals surface area contributed by atoms with E-state index in [4.69, 9.17) is 4.42 Å². The molecule has 8 heteroatoms. The van der Waals surface area contributed by atoms with E-state index in [-0.39, 0.29) is 12.1 Å². The molecule has 1 saturated carbocycles. The molecule has 1 N–H and O–H groups in total. The van der Waals surface area contributed by atoms with Crippen LogP contribution in [0.25, 0.3) is 11.6 Å². The Hall–Kier alpha value is -2.45. The van der Waals surface area contributed by atoms with Gasteiger partial charge < -0.3 is 14.1 Å². The van der Waals surface area contributed by atoms with Crippen molar-refractivity contribution in [2.45, 2.75) is 38.5 Å². The Morgan fingerprint density at radius 2 is 2.00 bits per heavy atom. The van der Waals surface area contributed by atoms with Gasteiger partial charge >= 0.3 is 0 Å². The van der Waals surface area contributed by atoms with E-state index in [9.17, 15) is 5.11 Å². The molecule has 0 unspecified atom stereocenters. The van der Waals surface area contributed by atoms with Crippen LogP contribution >= 0.6 is 0 Å². The van der Waals surface area contributed by atoms with Crippen LogP contribution in [0.5, 0.6) is 0 Å². The zero-order valence-electron chi connectivity index (χ0n) is 16.3. The third-order valence-corrected chi connectivity index (χ3v) is 6.47. The molecule has 2 aliphatic rings. The molecule has 1 aliphatic carbocycles. The van der Waals surface area contributed by atoms with Gasteiger partial charge in [-0.3, -0.25) is 9.58 Å². The van der Waals surface area contributed by atoms with Crippen molar-refractivity contribution in [3.63, 3.8) is 0 Å². The van der Waals surface area contributed by atoms with Crippen molar-refractivity contribution in [1.82, 2.24) is 29.4 Å². The summed E-state index contributed by atoms with van der Waals surface area (Å²) in [6.45, 7) is 4.67. The lowest BCUT2D eigenvalue weighted by Crippen LogP contribution is -2.36. The van der Waals surface area contributed by atoms with Gasteiger partial charge in [0.25, 0.3) is 5.89 Å². The molecule has 3 aromatic rings.